The number of hydrogen-bond donors (Lipinski definition) is 2. The Balaban J connectivity index is 2.75. The molecule has 1 aromatic carbocycles. The normalized spacial score (nSPS) is 10.4. The summed E-state index contributed by atoms with van der Waals surface area (Å²) in [6, 6.07) is 5.69. The van der Waals surface area contributed by atoms with Crippen molar-refractivity contribution in [3.8, 4) is 28.8 Å². The third kappa shape index (κ3) is 4.03. The van der Waals surface area contributed by atoms with E-state index < -0.39 is 0 Å². The van der Waals surface area contributed by atoms with Gasteiger partial charge in [0, 0.05) is 11.1 Å². The number of nitrogens with two attached hydrogens (primary N) is 2. The van der Waals surface area contributed by atoms with Gasteiger partial charge in [-0.2, -0.15) is 10.2 Å². The topological polar surface area (TPSA) is 120 Å². The summed E-state index contributed by atoms with van der Waals surface area (Å²) in [7, 11) is 0. The van der Waals surface area contributed by atoms with Crippen molar-refractivity contribution in [1.82, 2.24) is 9.97 Å². The quantitative estimate of drug-likeness (QED) is 0.734. The number of ether oxygens (including phenoxy) is 2. The van der Waals surface area contributed by atoms with Crippen LogP contribution in [0.4, 0.5) is 11.8 Å². The lowest BCUT2D eigenvalue weighted by Crippen LogP contribution is -2.10. The first-order valence-electron chi connectivity index (χ1n) is 8.31. The third-order valence-electron chi connectivity index (χ3n) is 3.49. The van der Waals surface area contributed by atoms with E-state index in [1.165, 1.54) is 0 Å². The summed E-state index contributed by atoms with van der Waals surface area (Å²) >= 11 is 0. The molecule has 0 saturated carbocycles. The molecule has 0 radical (unpaired) electrons. The van der Waals surface area contributed by atoms with Crippen LogP contribution in [0.15, 0.2) is 24.8 Å². The fourth-order valence-corrected chi connectivity index (χ4v) is 2.55. The molecule has 0 spiro atoms. The van der Waals surface area contributed by atoms with E-state index in [1.54, 1.807) is 12.1 Å². The number of nitrogens with zero attached hydrogens (tertiary/aromatic N) is 3. The summed E-state index contributed by atoms with van der Waals surface area (Å²) in [4.78, 5) is 8.06. The van der Waals surface area contributed by atoms with Gasteiger partial charge in [-0.25, -0.2) is 4.98 Å². The van der Waals surface area contributed by atoms with E-state index in [2.05, 4.69) is 16.5 Å². The predicted octanol–water partition coefficient (Wildman–Crippen LogP) is 3.09. The van der Waals surface area contributed by atoms with Gasteiger partial charge in [0.2, 0.25) is 5.95 Å². The first kappa shape index (κ1) is 19.1. The molecular formula is C19H23N5O2. The molecule has 26 heavy (non-hydrogen) atoms. The second kappa shape index (κ2) is 8.21. The van der Waals surface area contributed by atoms with Crippen LogP contribution in [0.2, 0.25) is 0 Å². The Labute approximate surface area is 153 Å². The Kier molecular flexibility index (Phi) is 6.02. The van der Waals surface area contributed by atoms with Crippen LogP contribution < -0.4 is 20.9 Å². The zero-order valence-electron chi connectivity index (χ0n) is 15.2. The molecule has 0 unspecified atom stereocenters. The van der Waals surface area contributed by atoms with Crippen LogP contribution in [-0.4, -0.2) is 22.7 Å². The van der Waals surface area contributed by atoms with Crippen molar-refractivity contribution in [1.29, 1.82) is 5.26 Å². The fraction of sp³-hybridized carbons (Fsp3) is 0.316. The standard InChI is InChI=1S/C19H23N5O2/c1-5-7-12-8-13(9-15(25-6-2)17(12)26-11(3)4)16-14(10-20)18(21)24-19(22)23-16/h5,8-9,11H,1,6-7H2,2-4H3,(H4,21,22,23,24). The molecule has 2 aromatic rings. The number of benzene rings is 1. The first-order chi connectivity index (χ1) is 12.4. The smallest absolute Gasteiger partial charge is 0.222 e. The highest BCUT2D eigenvalue weighted by atomic mass is 16.5. The lowest BCUT2D eigenvalue weighted by atomic mass is 10.0. The summed E-state index contributed by atoms with van der Waals surface area (Å²) < 4.78 is 11.7. The molecule has 4 N–H and O–H groups in total. The van der Waals surface area contributed by atoms with E-state index in [-0.39, 0.29) is 23.4 Å². The highest BCUT2D eigenvalue weighted by Gasteiger charge is 2.19. The molecule has 0 amide bonds. The predicted molar refractivity (Wildman–Crippen MR) is 102 cm³/mol. The van der Waals surface area contributed by atoms with Crippen molar-refractivity contribution in [2.24, 2.45) is 0 Å². The lowest BCUT2D eigenvalue weighted by molar-refractivity contribution is 0.222. The number of allylic oxidation sites excluding steroid dienone is 1. The van der Waals surface area contributed by atoms with Crippen molar-refractivity contribution in [3.63, 3.8) is 0 Å². The molecule has 136 valence electrons. The van der Waals surface area contributed by atoms with Crippen molar-refractivity contribution < 1.29 is 9.47 Å². The molecule has 0 atom stereocenters. The molecule has 0 saturated heterocycles. The van der Waals surface area contributed by atoms with Gasteiger partial charge in [-0.1, -0.05) is 6.08 Å². The van der Waals surface area contributed by atoms with E-state index in [4.69, 9.17) is 20.9 Å². The monoisotopic (exact) mass is 353 g/mol. The van der Waals surface area contributed by atoms with Gasteiger partial charge in [-0.3, -0.25) is 0 Å². The zero-order chi connectivity index (χ0) is 19.3. The van der Waals surface area contributed by atoms with Gasteiger partial charge >= 0.3 is 0 Å². The average Bonchev–Trinajstić information content (AvgIpc) is 2.57. The van der Waals surface area contributed by atoms with Crippen LogP contribution in [0.5, 0.6) is 11.5 Å². The molecule has 2 rings (SSSR count). The Morgan fingerprint density at radius 3 is 2.62 bits per heavy atom. The van der Waals surface area contributed by atoms with Crippen molar-refractivity contribution >= 4 is 11.8 Å². The Morgan fingerprint density at radius 1 is 1.31 bits per heavy atom. The van der Waals surface area contributed by atoms with Crippen LogP contribution in [0.1, 0.15) is 31.9 Å². The fourth-order valence-electron chi connectivity index (χ4n) is 2.55. The van der Waals surface area contributed by atoms with Gasteiger partial charge in [0.25, 0.3) is 0 Å². The van der Waals surface area contributed by atoms with Gasteiger partial charge in [0.1, 0.15) is 17.5 Å². The molecule has 7 heteroatoms. The summed E-state index contributed by atoms with van der Waals surface area (Å²) in [5.74, 6) is 1.26. The lowest BCUT2D eigenvalue weighted by Gasteiger charge is -2.19. The molecule has 0 fully saturated rings. The Hall–Kier alpha value is -3.27. The van der Waals surface area contributed by atoms with Crippen LogP contribution in [0.3, 0.4) is 0 Å². The SMILES string of the molecule is C=CCc1cc(-c2nc(N)nc(N)c2C#N)cc(OCC)c1OC(C)C. The number of hydrogen-bond acceptors (Lipinski definition) is 7. The highest BCUT2D eigenvalue weighted by Crippen LogP contribution is 2.38. The zero-order valence-corrected chi connectivity index (χ0v) is 15.2. The number of nitriles is 1. The number of nitrogen functional groups attached to an aromatic ring is 2. The maximum atomic E-state index is 9.45. The van der Waals surface area contributed by atoms with E-state index >= 15 is 0 Å². The first-order valence-corrected chi connectivity index (χ1v) is 8.31. The Morgan fingerprint density at radius 2 is 2.04 bits per heavy atom. The molecule has 0 aliphatic carbocycles. The second-order valence-electron chi connectivity index (χ2n) is 5.86. The van der Waals surface area contributed by atoms with E-state index in [9.17, 15) is 5.26 Å². The van der Waals surface area contributed by atoms with Gasteiger partial charge in [0.15, 0.2) is 11.5 Å². The summed E-state index contributed by atoms with van der Waals surface area (Å²) in [5, 5.41) is 9.45. The minimum absolute atomic E-state index is 0.00207. The van der Waals surface area contributed by atoms with E-state index in [1.807, 2.05) is 32.9 Å². The van der Waals surface area contributed by atoms with Crippen molar-refractivity contribution in [2.75, 3.05) is 18.1 Å². The van der Waals surface area contributed by atoms with Crippen LogP contribution in [0.25, 0.3) is 11.3 Å². The van der Waals surface area contributed by atoms with Crippen LogP contribution >= 0.6 is 0 Å². The number of rotatable bonds is 7. The van der Waals surface area contributed by atoms with E-state index in [0.717, 1.165) is 5.56 Å². The second-order valence-corrected chi connectivity index (χ2v) is 5.86. The summed E-state index contributed by atoms with van der Waals surface area (Å²) in [5.41, 5.74) is 13.6. The van der Waals surface area contributed by atoms with Crippen molar-refractivity contribution in [2.45, 2.75) is 33.3 Å². The largest absolute Gasteiger partial charge is 0.490 e. The Bertz CT molecular complexity index is 856. The highest BCUT2D eigenvalue weighted by molar-refractivity contribution is 5.76. The maximum Gasteiger partial charge on any atom is 0.222 e. The summed E-state index contributed by atoms with van der Waals surface area (Å²) in [6.45, 7) is 10.0. The third-order valence-corrected chi connectivity index (χ3v) is 3.49. The molecule has 1 heterocycles. The van der Waals surface area contributed by atoms with Gasteiger partial charge < -0.3 is 20.9 Å². The van der Waals surface area contributed by atoms with Crippen molar-refractivity contribution in [3.05, 3.63) is 35.9 Å². The molecule has 0 bridgehead atoms. The molecular weight excluding hydrogens is 330 g/mol. The molecule has 7 nitrogen and oxygen atoms in total. The number of aromatic nitrogens is 2. The van der Waals surface area contributed by atoms with Crippen LogP contribution in [-0.2, 0) is 6.42 Å². The molecule has 0 aliphatic rings. The average molecular weight is 353 g/mol. The van der Waals surface area contributed by atoms with E-state index in [0.29, 0.717) is 35.8 Å². The number of anilines is 2. The maximum absolute atomic E-state index is 9.45. The summed E-state index contributed by atoms with van der Waals surface area (Å²) in [6.07, 6.45) is 2.31. The van der Waals surface area contributed by atoms with Crippen LogP contribution in [0, 0.1) is 11.3 Å². The van der Waals surface area contributed by atoms with Gasteiger partial charge in [0.05, 0.1) is 18.4 Å². The minimum atomic E-state index is -0.0244. The molecule has 0 aliphatic heterocycles. The van der Waals surface area contributed by atoms with Gasteiger partial charge in [-0.05, 0) is 39.3 Å². The van der Waals surface area contributed by atoms with Gasteiger partial charge in [-0.15, -0.1) is 6.58 Å². The minimum Gasteiger partial charge on any atom is -0.490 e. The molecule has 1 aromatic heterocycles.